The fourth-order valence-electron chi connectivity index (χ4n) is 4.21. The van der Waals surface area contributed by atoms with Gasteiger partial charge in [0.25, 0.3) is 0 Å². The van der Waals surface area contributed by atoms with Crippen LogP contribution >= 0.6 is 0 Å². The number of aromatic nitrogens is 3. The first-order chi connectivity index (χ1) is 16.7. The minimum atomic E-state index is -0.690. The summed E-state index contributed by atoms with van der Waals surface area (Å²) < 4.78 is 19.4. The molecule has 1 aliphatic carbocycles. The highest BCUT2D eigenvalue weighted by atomic mass is 16.6. The molecule has 0 radical (unpaired) electrons. The van der Waals surface area contributed by atoms with Crippen LogP contribution < -0.4 is 20.1 Å². The number of amides is 1. The van der Waals surface area contributed by atoms with Gasteiger partial charge in [-0.1, -0.05) is 0 Å². The molecule has 0 aliphatic heterocycles. The minimum absolute atomic E-state index is 0.0275. The van der Waals surface area contributed by atoms with Gasteiger partial charge in [-0.15, -0.1) is 0 Å². The molecule has 0 atom stereocenters. The number of anilines is 2. The first-order valence-electron chi connectivity index (χ1n) is 12.2. The van der Waals surface area contributed by atoms with Crippen molar-refractivity contribution in [3.8, 4) is 11.6 Å². The molecule has 0 saturated heterocycles. The van der Waals surface area contributed by atoms with Crippen LogP contribution in [0, 0.1) is 6.92 Å². The molecule has 9 heteroatoms. The summed E-state index contributed by atoms with van der Waals surface area (Å²) in [5, 5.41) is 4.46. The maximum Gasteiger partial charge on any atom is 0.420 e. The number of fused-ring (bicyclic) bond motifs is 1. The normalized spacial score (nSPS) is 18.3. The highest BCUT2D eigenvalue weighted by molar-refractivity contribution is 5.96. The Morgan fingerprint density at radius 3 is 2.46 bits per heavy atom. The van der Waals surface area contributed by atoms with E-state index in [1.165, 1.54) is 4.90 Å². The number of carbonyl (C=O) groups is 1. The number of ether oxygens (including phenoxy) is 3. The summed E-state index contributed by atoms with van der Waals surface area (Å²) in [5.74, 6) is 1.71. The summed E-state index contributed by atoms with van der Waals surface area (Å²) in [6.45, 7) is 9.89. The van der Waals surface area contributed by atoms with Gasteiger partial charge in [0.15, 0.2) is 11.5 Å². The third kappa shape index (κ3) is 5.67. The topological polar surface area (TPSA) is 104 Å². The Bertz CT molecular complexity index is 1160. The molecular formula is C26H35N5O4. The van der Waals surface area contributed by atoms with Gasteiger partial charge in [0.1, 0.15) is 17.5 Å². The molecule has 1 amide bonds. The molecule has 0 unspecified atom stereocenters. The van der Waals surface area contributed by atoms with Crippen LogP contribution in [0.1, 0.15) is 58.9 Å². The van der Waals surface area contributed by atoms with E-state index in [0.717, 1.165) is 31.4 Å². The summed E-state index contributed by atoms with van der Waals surface area (Å²) in [7, 11) is 0. The van der Waals surface area contributed by atoms with E-state index in [1.807, 2.05) is 58.9 Å². The van der Waals surface area contributed by atoms with Gasteiger partial charge in [0.05, 0.1) is 24.1 Å². The summed E-state index contributed by atoms with van der Waals surface area (Å²) in [4.78, 5) is 19.8. The van der Waals surface area contributed by atoms with Crippen LogP contribution in [0.2, 0.25) is 0 Å². The van der Waals surface area contributed by atoms with E-state index in [1.54, 1.807) is 16.8 Å². The molecule has 1 fully saturated rings. The molecule has 0 bridgehead atoms. The van der Waals surface area contributed by atoms with Crippen molar-refractivity contribution in [2.24, 2.45) is 5.73 Å². The Labute approximate surface area is 206 Å². The highest BCUT2D eigenvalue weighted by Crippen LogP contribution is 2.36. The Morgan fingerprint density at radius 1 is 1.14 bits per heavy atom. The zero-order valence-electron chi connectivity index (χ0n) is 21.2. The Kier molecular flexibility index (Phi) is 7.16. The quantitative estimate of drug-likeness (QED) is 0.519. The van der Waals surface area contributed by atoms with Gasteiger partial charge in [-0.3, -0.25) is 0 Å². The molecular weight excluding hydrogens is 446 g/mol. The van der Waals surface area contributed by atoms with Gasteiger partial charge in [-0.25, -0.2) is 9.69 Å². The van der Waals surface area contributed by atoms with E-state index in [2.05, 4.69) is 5.10 Å². The van der Waals surface area contributed by atoms with E-state index in [-0.39, 0.29) is 12.1 Å². The molecule has 35 heavy (non-hydrogen) atoms. The number of nitrogens with zero attached hydrogens (tertiary/aromatic N) is 4. The Morgan fingerprint density at radius 2 is 1.83 bits per heavy atom. The van der Waals surface area contributed by atoms with Crippen molar-refractivity contribution in [2.75, 3.05) is 11.5 Å². The van der Waals surface area contributed by atoms with Crippen LogP contribution in [0.25, 0.3) is 5.65 Å². The van der Waals surface area contributed by atoms with Crippen molar-refractivity contribution in [3.63, 3.8) is 0 Å². The molecule has 2 heterocycles. The van der Waals surface area contributed by atoms with E-state index in [0.29, 0.717) is 35.2 Å². The monoisotopic (exact) mass is 481 g/mol. The average Bonchev–Trinajstić information content (AvgIpc) is 3.26. The van der Waals surface area contributed by atoms with E-state index < -0.39 is 11.7 Å². The lowest BCUT2D eigenvalue weighted by Gasteiger charge is -2.30. The molecule has 3 aromatic rings. The van der Waals surface area contributed by atoms with Gasteiger partial charge in [0, 0.05) is 12.1 Å². The lowest BCUT2D eigenvalue weighted by molar-refractivity contribution is 0.0597. The Balaban J connectivity index is 1.80. The number of rotatable bonds is 6. The summed E-state index contributed by atoms with van der Waals surface area (Å²) >= 11 is 0. The molecule has 0 spiro atoms. The van der Waals surface area contributed by atoms with Crippen molar-refractivity contribution >= 4 is 23.2 Å². The maximum absolute atomic E-state index is 13.6. The molecule has 1 aromatic carbocycles. The third-order valence-corrected chi connectivity index (χ3v) is 5.89. The Hall–Kier alpha value is -3.33. The predicted octanol–water partition coefficient (Wildman–Crippen LogP) is 5.16. The second-order valence-electron chi connectivity index (χ2n) is 9.86. The summed E-state index contributed by atoms with van der Waals surface area (Å²) in [6, 6.07) is 9.32. The van der Waals surface area contributed by atoms with Gasteiger partial charge in [-0.2, -0.15) is 14.6 Å². The predicted molar refractivity (Wildman–Crippen MR) is 135 cm³/mol. The van der Waals surface area contributed by atoms with Gasteiger partial charge in [-0.05, 0) is 84.6 Å². The third-order valence-electron chi connectivity index (χ3n) is 5.89. The molecule has 1 saturated carbocycles. The van der Waals surface area contributed by atoms with Crippen molar-refractivity contribution in [1.29, 1.82) is 0 Å². The van der Waals surface area contributed by atoms with Crippen LogP contribution in [0.15, 0.2) is 36.5 Å². The van der Waals surface area contributed by atoms with Crippen LogP contribution in [-0.4, -0.2) is 45.0 Å². The maximum atomic E-state index is 13.6. The number of benzene rings is 1. The second kappa shape index (κ2) is 10.1. The molecule has 9 nitrogen and oxygen atoms in total. The fourth-order valence-corrected chi connectivity index (χ4v) is 4.21. The number of hydrogen-bond donors (Lipinski definition) is 1. The molecule has 1 aliphatic rings. The van der Waals surface area contributed by atoms with Crippen molar-refractivity contribution in [3.05, 3.63) is 42.1 Å². The SMILES string of the molecule is CCOc1ccc(N(C(=O)OC(C)(C)C)c2c(C)c(OC3CCC(N)CC3)nc3ccnn23)cc1. The largest absolute Gasteiger partial charge is 0.494 e. The van der Waals surface area contributed by atoms with Crippen molar-refractivity contribution in [2.45, 2.75) is 78.0 Å². The standard InChI is InChI=1S/C26H35N5O4/c1-6-33-20-13-9-19(10-14-20)30(25(32)35-26(3,4)5)24-17(2)23(29-22-15-16-28-31(22)24)34-21-11-7-18(27)8-12-21/h9-10,13-16,18,21H,6-8,11-12,27H2,1-5H3. The zero-order chi connectivity index (χ0) is 25.2. The van der Waals surface area contributed by atoms with Crippen molar-refractivity contribution < 1.29 is 19.0 Å². The van der Waals surface area contributed by atoms with Gasteiger partial charge in [0.2, 0.25) is 5.88 Å². The van der Waals surface area contributed by atoms with E-state index in [4.69, 9.17) is 24.9 Å². The van der Waals surface area contributed by atoms with Gasteiger partial charge < -0.3 is 19.9 Å². The molecule has 188 valence electrons. The molecule has 4 rings (SSSR count). The van der Waals surface area contributed by atoms with Crippen LogP contribution in [0.4, 0.5) is 16.3 Å². The number of nitrogens with two attached hydrogens (primary N) is 1. The van der Waals surface area contributed by atoms with Crippen LogP contribution in [0.3, 0.4) is 0 Å². The van der Waals surface area contributed by atoms with Gasteiger partial charge >= 0.3 is 6.09 Å². The molecule has 2 aromatic heterocycles. The fraction of sp³-hybridized carbons (Fsp3) is 0.500. The summed E-state index contributed by atoms with van der Waals surface area (Å²) in [5.41, 5.74) is 7.26. The number of carbonyl (C=O) groups excluding carboxylic acids is 1. The highest BCUT2D eigenvalue weighted by Gasteiger charge is 2.31. The summed E-state index contributed by atoms with van der Waals surface area (Å²) in [6.07, 6.45) is 4.74. The zero-order valence-corrected chi connectivity index (χ0v) is 21.2. The second-order valence-corrected chi connectivity index (χ2v) is 9.86. The lowest BCUT2D eigenvalue weighted by Crippen LogP contribution is -2.36. The minimum Gasteiger partial charge on any atom is -0.494 e. The first-order valence-corrected chi connectivity index (χ1v) is 12.2. The molecule has 2 N–H and O–H groups in total. The van der Waals surface area contributed by atoms with Crippen molar-refractivity contribution in [1.82, 2.24) is 14.6 Å². The number of hydrogen-bond acceptors (Lipinski definition) is 7. The van der Waals surface area contributed by atoms with Crippen LogP contribution in [0.5, 0.6) is 11.6 Å². The van der Waals surface area contributed by atoms with Crippen LogP contribution in [-0.2, 0) is 4.74 Å². The van der Waals surface area contributed by atoms with E-state index >= 15 is 0 Å². The first kappa shape index (κ1) is 24.8. The van der Waals surface area contributed by atoms with E-state index in [9.17, 15) is 4.79 Å². The average molecular weight is 482 g/mol. The lowest BCUT2D eigenvalue weighted by atomic mass is 9.94. The smallest absolute Gasteiger partial charge is 0.420 e.